The predicted molar refractivity (Wildman–Crippen MR) is 214 cm³/mol. The first-order chi connectivity index (χ1) is 25.8. The van der Waals surface area contributed by atoms with E-state index in [9.17, 15) is 0 Å². The van der Waals surface area contributed by atoms with Gasteiger partial charge >= 0.3 is 0 Å². The van der Waals surface area contributed by atoms with Crippen LogP contribution in [0.3, 0.4) is 0 Å². The number of hydrogen-bond donors (Lipinski definition) is 0. The second-order valence-electron chi connectivity index (χ2n) is 21.6. The van der Waals surface area contributed by atoms with Crippen LogP contribution in [0.2, 0.25) is 0 Å². The molecule has 3 nitrogen and oxygen atoms in total. The molecule has 14 atom stereocenters. The summed E-state index contributed by atoms with van der Waals surface area (Å²) in [4.78, 5) is 3.33. The van der Waals surface area contributed by atoms with Crippen LogP contribution in [0.15, 0.2) is 0 Å². The van der Waals surface area contributed by atoms with Gasteiger partial charge in [-0.05, 0) is 175 Å². The third kappa shape index (κ3) is 6.37. The van der Waals surface area contributed by atoms with E-state index in [1.54, 1.807) is 12.8 Å². The summed E-state index contributed by atoms with van der Waals surface area (Å²) in [6, 6.07) is 2.36. The molecule has 0 bridgehead atoms. The van der Waals surface area contributed by atoms with Crippen molar-refractivity contribution in [3.05, 3.63) is 0 Å². The molecule has 11 aliphatic rings. The molecule has 11 rings (SSSR count). The van der Waals surface area contributed by atoms with Crippen molar-refractivity contribution >= 4 is 11.8 Å². The molecule has 0 amide bonds. The van der Waals surface area contributed by atoms with Crippen LogP contribution in [0.1, 0.15) is 186 Å². The van der Waals surface area contributed by atoms with Gasteiger partial charge in [0.15, 0.2) is 0 Å². The molecule has 0 aromatic heterocycles. The Morgan fingerprint density at radius 3 is 1.77 bits per heavy atom. The molecule has 3 aliphatic heterocycles. The van der Waals surface area contributed by atoms with E-state index in [0.29, 0.717) is 30.5 Å². The first kappa shape index (κ1) is 35.4. The third-order valence-corrected chi connectivity index (χ3v) is 21.4. The molecule has 3 saturated heterocycles. The van der Waals surface area contributed by atoms with Crippen LogP contribution < -0.4 is 0 Å². The van der Waals surface area contributed by atoms with E-state index >= 15 is 0 Å². The molecule has 0 N–H and O–H groups in total. The molecular weight excluding hydrogens is 655 g/mol. The highest BCUT2D eigenvalue weighted by molar-refractivity contribution is 8.00. The molecular formula is C48H77NO2S. The van der Waals surface area contributed by atoms with E-state index in [0.717, 1.165) is 81.8 Å². The van der Waals surface area contributed by atoms with E-state index in [-0.39, 0.29) is 0 Å². The van der Waals surface area contributed by atoms with Gasteiger partial charge in [-0.25, -0.2) is 0 Å². The summed E-state index contributed by atoms with van der Waals surface area (Å²) in [6.07, 6.45) is 45.6. The number of thioether (sulfide) groups is 1. The second-order valence-corrected chi connectivity index (χ2v) is 23.1. The van der Waals surface area contributed by atoms with Gasteiger partial charge in [-0.3, -0.25) is 4.90 Å². The standard InChI is InChI=1S/C48H77NO2S/c1-2-9-30(10-3-1)31-17-22-34(23-18-31)49(35-24-19-32(20-25-35)33-21-26-37-36-11-4-6-15-42(36)50-43(37)29-33)41-14-8-13-38-39-27-28-45-46(48(39)51-47(38)41)40-12-5-7-16-44(40)52-45/h30-48H,1-29H2. The summed E-state index contributed by atoms with van der Waals surface area (Å²) in [7, 11) is 0. The van der Waals surface area contributed by atoms with Crippen molar-refractivity contribution in [1.82, 2.24) is 4.90 Å². The fraction of sp³-hybridized carbons (Fsp3) is 1.00. The van der Waals surface area contributed by atoms with E-state index in [2.05, 4.69) is 16.7 Å². The molecule has 8 aliphatic carbocycles. The maximum absolute atomic E-state index is 7.75. The Hall–Kier alpha value is 0.230. The van der Waals surface area contributed by atoms with Crippen LogP contribution >= 0.6 is 11.8 Å². The summed E-state index contributed by atoms with van der Waals surface area (Å²) in [6.45, 7) is 0. The zero-order chi connectivity index (χ0) is 34.2. The van der Waals surface area contributed by atoms with Gasteiger partial charge in [0.2, 0.25) is 0 Å². The van der Waals surface area contributed by atoms with Crippen LogP contribution in [-0.2, 0) is 9.47 Å². The number of ether oxygens (including phenoxy) is 2. The molecule has 8 saturated carbocycles. The lowest BCUT2D eigenvalue weighted by Gasteiger charge is -2.52. The summed E-state index contributed by atoms with van der Waals surface area (Å²) < 4.78 is 14.6. The first-order valence-electron chi connectivity index (χ1n) is 24.5. The van der Waals surface area contributed by atoms with Gasteiger partial charge in [0.25, 0.3) is 0 Å². The zero-order valence-electron chi connectivity index (χ0n) is 33.1. The average molecular weight is 732 g/mol. The fourth-order valence-corrected chi connectivity index (χ4v) is 19.4. The van der Waals surface area contributed by atoms with Crippen molar-refractivity contribution in [3.63, 3.8) is 0 Å². The zero-order valence-corrected chi connectivity index (χ0v) is 34.0. The molecule has 3 heterocycles. The van der Waals surface area contributed by atoms with E-state index in [1.165, 1.54) is 173 Å². The largest absolute Gasteiger partial charge is 0.374 e. The highest BCUT2D eigenvalue weighted by Crippen LogP contribution is 2.61. The molecule has 292 valence electrons. The van der Waals surface area contributed by atoms with Crippen LogP contribution in [-0.4, -0.2) is 57.9 Å². The van der Waals surface area contributed by atoms with Gasteiger partial charge in [-0.15, -0.1) is 0 Å². The first-order valence-corrected chi connectivity index (χ1v) is 25.4. The molecule has 4 heteroatoms. The second kappa shape index (κ2) is 15.2. The Balaban J connectivity index is 0.803. The molecule has 0 aromatic carbocycles. The molecule has 0 spiro atoms. The van der Waals surface area contributed by atoms with Gasteiger partial charge in [-0.1, -0.05) is 64.2 Å². The van der Waals surface area contributed by atoms with Crippen LogP contribution in [0.4, 0.5) is 0 Å². The van der Waals surface area contributed by atoms with E-state index < -0.39 is 0 Å². The molecule has 0 radical (unpaired) electrons. The van der Waals surface area contributed by atoms with Crippen LogP contribution in [0, 0.1) is 59.2 Å². The van der Waals surface area contributed by atoms with Crippen molar-refractivity contribution in [2.75, 3.05) is 0 Å². The molecule has 0 aromatic rings. The van der Waals surface area contributed by atoms with Gasteiger partial charge in [-0.2, -0.15) is 11.8 Å². The molecule has 52 heavy (non-hydrogen) atoms. The Bertz CT molecular complexity index is 1200. The highest BCUT2D eigenvalue weighted by atomic mass is 32.2. The summed E-state index contributed by atoms with van der Waals surface area (Å²) >= 11 is 2.45. The Kier molecular flexibility index (Phi) is 10.3. The third-order valence-electron chi connectivity index (χ3n) is 19.5. The topological polar surface area (TPSA) is 21.7 Å². The smallest absolute Gasteiger partial charge is 0.0766 e. The maximum atomic E-state index is 7.75. The monoisotopic (exact) mass is 732 g/mol. The van der Waals surface area contributed by atoms with Gasteiger partial charge in [0.05, 0.1) is 24.4 Å². The summed E-state index contributed by atoms with van der Waals surface area (Å²) in [5.74, 6) is 9.45. The number of nitrogens with zero attached hydrogens (tertiary/aromatic N) is 1. The SMILES string of the molecule is C1CCC(C2CCC(N(C3CCC(C4CCC5C(C4)OC4CCCCC45)CC3)C3CCCC4C5CCC6SC7CCCCC7C6C5OC43)CC2)CC1. The maximum Gasteiger partial charge on any atom is 0.0766 e. The van der Waals surface area contributed by atoms with Crippen LogP contribution in [0.5, 0.6) is 0 Å². The number of rotatable bonds is 5. The van der Waals surface area contributed by atoms with Gasteiger partial charge < -0.3 is 9.47 Å². The lowest BCUT2D eigenvalue weighted by atomic mass is 9.64. The molecule has 14 unspecified atom stereocenters. The van der Waals surface area contributed by atoms with Gasteiger partial charge in [0.1, 0.15) is 0 Å². The predicted octanol–water partition coefficient (Wildman–Crippen LogP) is 12.0. The summed E-state index contributed by atoms with van der Waals surface area (Å²) in [5, 5.41) is 1.89. The van der Waals surface area contributed by atoms with Crippen molar-refractivity contribution in [2.45, 2.75) is 239 Å². The van der Waals surface area contributed by atoms with Crippen LogP contribution in [0.25, 0.3) is 0 Å². The fourth-order valence-electron chi connectivity index (χ4n) is 17.3. The lowest BCUT2D eigenvalue weighted by molar-refractivity contribution is -0.0992. The number of hydrogen-bond acceptors (Lipinski definition) is 4. The summed E-state index contributed by atoms with van der Waals surface area (Å²) in [5.41, 5.74) is 0. The van der Waals surface area contributed by atoms with E-state index in [4.69, 9.17) is 9.47 Å². The molecule has 11 fully saturated rings. The van der Waals surface area contributed by atoms with Crippen molar-refractivity contribution < 1.29 is 9.47 Å². The quantitative estimate of drug-likeness (QED) is 0.281. The Labute approximate surface area is 323 Å². The lowest BCUT2D eigenvalue weighted by Crippen LogP contribution is -2.58. The minimum atomic E-state index is 0.544. The minimum Gasteiger partial charge on any atom is -0.374 e. The van der Waals surface area contributed by atoms with Crippen molar-refractivity contribution in [3.8, 4) is 0 Å². The van der Waals surface area contributed by atoms with E-state index in [1.807, 2.05) is 0 Å². The van der Waals surface area contributed by atoms with Gasteiger partial charge in [0, 0.05) is 34.5 Å². The normalized spacial score (nSPS) is 53.7. The average Bonchev–Trinajstić information content (AvgIpc) is 3.90. The Morgan fingerprint density at radius 1 is 0.365 bits per heavy atom. The Morgan fingerprint density at radius 2 is 0.962 bits per heavy atom. The highest BCUT2D eigenvalue weighted by Gasteiger charge is 2.60. The van der Waals surface area contributed by atoms with Crippen molar-refractivity contribution in [2.24, 2.45) is 59.2 Å². The van der Waals surface area contributed by atoms with Crippen molar-refractivity contribution in [1.29, 1.82) is 0 Å². The minimum absolute atomic E-state index is 0.544. The number of fused-ring (bicyclic) bond motifs is 10.